The molecule has 1 amide bonds. The molecule has 4 rings (SSSR count). The molecule has 0 spiro atoms. The van der Waals surface area contributed by atoms with Crippen molar-refractivity contribution in [1.82, 2.24) is 10.2 Å². The zero-order valence-electron chi connectivity index (χ0n) is 18.2. The number of halogens is 2. The normalized spacial score (nSPS) is 31.2. The number of nitrogens with zero attached hydrogens (tertiary/aromatic N) is 1. The summed E-state index contributed by atoms with van der Waals surface area (Å²) in [5.74, 6) is 2.29. The van der Waals surface area contributed by atoms with Gasteiger partial charge in [-0.05, 0) is 74.0 Å². The van der Waals surface area contributed by atoms with E-state index in [1.807, 2.05) is 0 Å². The minimum absolute atomic E-state index is 0. The Kier molecular flexibility index (Phi) is 9.93. The molecule has 3 aliphatic rings. The Bertz CT molecular complexity index is 672. The molecule has 1 heterocycles. The summed E-state index contributed by atoms with van der Waals surface area (Å²) in [6, 6.07) is 8.94. The second-order valence-electron chi connectivity index (χ2n) is 9.67. The lowest BCUT2D eigenvalue weighted by Gasteiger charge is -2.43. The number of benzene rings is 1. The molecular formula is C24H39Cl2N3O. The van der Waals surface area contributed by atoms with Crippen LogP contribution in [-0.2, 0) is 17.9 Å². The molecule has 3 unspecified atom stereocenters. The molecule has 2 bridgehead atoms. The number of carbonyl (C=O) groups is 1. The van der Waals surface area contributed by atoms with Gasteiger partial charge in [0.05, 0.1) is 0 Å². The highest BCUT2D eigenvalue weighted by molar-refractivity contribution is 5.85. The van der Waals surface area contributed by atoms with Crippen LogP contribution in [-0.4, -0.2) is 29.9 Å². The molecule has 4 nitrogen and oxygen atoms in total. The Morgan fingerprint density at radius 1 is 1.07 bits per heavy atom. The molecule has 2 aliphatic carbocycles. The maximum atomic E-state index is 12.9. The topological polar surface area (TPSA) is 58.4 Å². The Balaban J connectivity index is 0.00000160. The molecule has 1 aliphatic heterocycles. The van der Waals surface area contributed by atoms with Crippen molar-refractivity contribution in [2.45, 2.75) is 71.0 Å². The first-order chi connectivity index (χ1) is 13.6. The molecule has 0 aromatic heterocycles. The van der Waals surface area contributed by atoms with Crippen LogP contribution in [0.25, 0.3) is 0 Å². The summed E-state index contributed by atoms with van der Waals surface area (Å²) >= 11 is 0. The summed E-state index contributed by atoms with van der Waals surface area (Å²) in [7, 11) is 0. The highest BCUT2D eigenvalue weighted by atomic mass is 35.5. The highest BCUT2D eigenvalue weighted by Gasteiger charge is 2.40. The highest BCUT2D eigenvalue weighted by Crippen LogP contribution is 2.41. The van der Waals surface area contributed by atoms with Crippen molar-refractivity contribution in [1.29, 1.82) is 0 Å². The van der Waals surface area contributed by atoms with Gasteiger partial charge < -0.3 is 11.1 Å². The zero-order chi connectivity index (χ0) is 19.5. The molecule has 0 radical (unpaired) electrons. The van der Waals surface area contributed by atoms with Crippen molar-refractivity contribution in [2.24, 2.45) is 29.4 Å². The van der Waals surface area contributed by atoms with Crippen LogP contribution in [0.2, 0.25) is 0 Å². The predicted molar refractivity (Wildman–Crippen MR) is 128 cm³/mol. The van der Waals surface area contributed by atoms with E-state index in [-0.39, 0.29) is 36.6 Å². The van der Waals surface area contributed by atoms with Crippen molar-refractivity contribution in [3.8, 4) is 0 Å². The number of fused-ring (bicyclic) bond motifs is 2. The van der Waals surface area contributed by atoms with Gasteiger partial charge in [0.1, 0.15) is 0 Å². The van der Waals surface area contributed by atoms with E-state index in [4.69, 9.17) is 5.73 Å². The van der Waals surface area contributed by atoms with Crippen molar-refractivity contribution >= 4 is 30.7 Å². The van der Waals surface area contributed by atoms with Crippen LogP contribution in [0.1, 0.15) is 63.0 Å². The summed E-state index contributed by atoms with van der Waals surface area (Å²) in [6.07, 6.45) is 8.32. The molecule has 3 N–H and O–H groups in total. The lowest BCUT2D eigenvalue weighted by Crippen LogP contribution is -2.49. The van der Waals surface area contributed by atoms with Crippen LogP contribution in [0, 0.1) is 23.7 Å². The Labute approximate surface area is 194 Å². The Morgan fingerprint density at radius 2 is 1.73 bits per heavy atom. The third kappa shape index (κ3) is 6.12. The molecule has 1 aromatic rings. The average Bonchev–Trinajstić information content (AvgIpc) is 2.67. The molecule has 170 valence electrons. The maximum absolute atomic E-state index is 12.9. The number of likely N-dealkylation sites (tertiary alicyclic amines) is 1. The van der Waals surface area contributed by atoms with Crippen molar-refractivity contribution in [2.75, 3.05) is 13.1 Å². The summed E-state index contributed by atoms with van der Waals surface area (Å²) in [6.45, 7) is 6.38. The second-order valence-corrected chi connectivity index (χ2v) is 9.67. The van der Waals surface area contributed by atoms with E-state index in [0.29, 0.717) is 24.4 Å². The van der Waals surface area contributed by atoms with E-state index in [2.05, 4.69) is 41.4 Å². The molecule has 3 atom stereocenters. The third-order valence-electron chi connectivity index (χ3n) is 7.49. The standard InChI is InChI=1S/C24H37N3O.2ClH/c1-17-6-5-11-27(15-17)16-21-8-3-2-7-20(21)14-26-24(28)22-12-18-9-4-10-19(13-22)23(18)25;;/h2-3,7-8,17-19,22-23H,4-6,9-16,25H2,1H3,(H,26,28);2*1H. The van der Waals surface area contributed by atoms with E-state index in [1.165, 1.54) is 56.3 Å². The summed E-state index contributed by atoms with van der Waals surface area (Å²) in [5.41, 5.74) is 9.02. The summed E-state index contributed by atoms with van der Waals surface area (Å²) in [5, 5.41) is 3.26. The van der Waals surface area contributed by atoms with Gasteiger partial charge in [-0.25, -0.2) is 0 Å². The number of amides is 1. The quantitative estimate of drug-likeness (QED) is 0.685. The van der Waals surface area contributed by atoms with Crippen molar-refractivity contribution < 1.29 is 4.79 Å². The first-order valence-electron chi connectivity index (χ1n) is 11.4. The van der Waals surface area contributed by atoms with E-state index in [0.717, 1.165) is 25.3 Å². The van der Waals surface area contributed by atoms with Gasteiger partial charge in [-0.1, -0.05) is 37.6 Å². The molecular weight excluding hydrogens is 417 g/mol. The first kappa shape index (κ1) is 25.5. The lowest BCUT2D eigenvalue weighted by molar-refractivity contribution is -0.128. The van der Waals surface area contributed by atoms with Crippen LogP contribution < -0.4 is 11.1 Å². The second kappa shape index (κ2) is 11.7. The Morgan fingerprint density at radius 3 is 2.40 bits per heavy atom. The van der Waals surface area contributed by atoms with Gasteiger partial charge >= 0.3 is 0 Å². The van der Waals surface area contributed by atoms with E-state index >= 15 is 0 Å². The van der Waals surface area contributed by atoms with Crippen LogP contribution in [0.5, 0.6) is 0 Å². The van der Waals surface area contributed by atoms with Crippen LogP contribution in [0.15, 0.2) is 24.3 Å². The number of hydrogen-bond donors (Lipinski definition) is 2. The van der Waals surface area contributed by atoms with Gasteiger partial charge in [-0.3, -0.25) is 9.69 Å². The van der Waals surface area contributed by atoms with Gasteiger partial charge in [0.2, 0.25) is 5.91 Å². The molecule has 1 saturated heterocycles. The van der Waals surface area contributed by atoms with Gasteiger partial charge in [-0.2, -0.15) is 0 Å². The van der Waals surface area contributed by atoms with E-state index in [9.17, 15) is 4.79 Å². The van der Waals surface area contributed by atoms with Gasteiger partial charge in [0.15, 0.2) is 0 Å². The van der Waals surface area contributed by atoms with Crippen molar-refractivity contribution in [3.05, 3.63) is 35.4 Å². The largest absolute Gasteiger partial charge is 0.352 e. The molecule has 2 saturated carbocycles. The minimum atomic E-state index is 0. The third-order valence-corrected chi connectivity index (χ3v) is 7.49. The average molecular weight is 457 g/mol. The van der Waals surface area contributed by atoms with Gasteiger partial charge in [0.25, 0.3) is 0 Å². The molecule has 30 heavy (non-hydrogen) atoms. The van der Waals surface area contributed by atoms with Crippen LogP contribution in [0.4, 0.5) is 0 Å². The monoisotopic (exact) mass is 455 g/mol. The van der Waals surface area contributed by atoms with Crippen molar-refractivity contribution in [3.63, 3.8) is 0 Å². The zero-order valence-corrected chi connectivity index (χ0v) is 19.9. The van der Waals surface area contributed by atoms with E-state index in [1.54, 1.807) is 0 Å². The number of hydrogen-bond acceptors (Lipinski definition) is 3. The fourth-order valence-corrected chi connectivity index (χ4v) is 5.89. The van der Waals surface area contributed by atoms with Crippen LogP contribution >= 0.6 is 24.8 Å². The number of piperidine rings is 1. The lowest BCUT2D eigenvalue weighted by atomic mass is 9.65. The number of carbonyl (C=O) groups excluding carboxylic acids is 1. The number of nitrogens with one attached hydrogen (secondary N) is 1. The Hall–Kier alpha value is -0.810. The molecule has 6 heteroatoms. The van der Waals surface area contributed by atoms with Crippen LogP contribution in [0.3, 0.4) is 0 Å². The fraction of sp³-hybridized carbons (Fsp3) is 0.708. The molecule has 3 fully saturated rings. The fourth-order valence-electron chi connectivity index (χ4n) is 5.89. The summed E-state index contributed by atoms with van der Waals surface area (Å²) < 4.78 is 0. The predicted octanol–water partition coefficient (Wildman–Crippen LogP) is 4.53. The number of nitrogens with two attached hydrogens (primary N) is 1. The first-order valence-corrected chi connectivity index (χ1v) is 11.4. The van der Waals surface area contributed by atoms with Gasteiger partial charge in [-0.15, -0.1) is 24.8 Å². The smallest absolute Gasteiger partial charge is 0.223 e. The summed E-state index contributed by atoms with van der Waals surface area (Å²) in [4.78, 5) is 15.5. The van der Waals surface area contributed by atoms with Gasteiger partial charge in [0, 0.05) is 31.6 Å². The minimum Gasteiger partial charge on any atom is -0.352 e. The maximum Gasteiger partial charge on any atom is 0.223 e. The molecule has 1 aromatic carbocycles. The number of rotatable bonds is 5. The van der Waals surface area contributed by atoms with E-state index < -0.39 is 0 Å². The SMILES string of the molecule is CC1CCCN(Cc2ccccc2CNC(=O)C2CC3CCCC(C2)C3N)C1.Cl.Cl.